The lowest BCUT2D eigenvalue weighted by molar-refractivity contribution is 0.0977. The molecule has 0 spiro atoms. The zero-order valence-corrected chi connectivity index (χ0v) is 13.0. The molecule has 0 aliphatic carbocycles. The maximum absolute atomic E-state index is 11.8. The van der Waals surface area contributed by atoms with E-state index in [1.165, 1.54) is 6.07 Å². The van der Waals surface area contributed by atoms with Crippen LogP contribution in [0.5, 0.6) is 5.75 Å². The Morgan fingerprint density at radius 1 is 1.04 bits per heavy atom. The molecule has 23 heavy (non-hydrogen) atoms. The van der Waals surface area contributed by atoms with Crippen LogP contribution in [0.15, 0.2) is 42.5 Å². The van der Waals surface area contributed by atoms with Crippen molar-refractivity contribution in [3.8, 4) is 5.75 Å². The van der Waals surface area contributed by atoms with E-state index in [2.05, 4.69) is 0 Å². The predicted octanol–water partition coefficient (Wildman–Crippen LogP) is 2.19. The first kappa shape index (κ1) is 15.1. The molecule has 2 aromatic carbocycles. The van der Waals surface area contributed by atoms with Crippen LogP contribution in [0.2, 0.25) is 0 Å². The van der Waals surface area contributed by atoms with Gasteiger partial charge in [0, 0.05) is 11.1 Å². The monoisotopic (exact) mass is 310 g/mol. The molecule has 1 heterocycles. The van der Waals surface area contributed by atoms with Gasteiger partial charge in [0.05, 0.1) is 11.5 Å². The van der Waals surface area contributed by atoms with Crippen LogP contribution >= 0.6 is 0 Å². The summed E-state index contributed by atoms with van der Waals surface area (Å²) in [6.45, 7) is 3.89. The van der Waals surface area contributed by atoms with E-state index >= 15 is 0 Å². The van der Waals surface area contributed by atoms with Crippen molar-refractivity contribution in [1.29, 1.82) is 0 Å². The van der Waals surface area contributed by atoms with Gasteiger partial charge in [-0.1, -0.05) is 30.3 Å². The maximum Gasteiger partial charge on any atom is 0.252 e. The number of hydrogen-bond acceptors (Lipinski definition) is 3. The average Bonchev–Trinajstić information content (AvgIpc) is 2.76. The Hall–Kier alpha value is -2.82. The zero-order chi connectivity index (χ0) is 16.8. The summed E-state index contributed by atoms with van der Waals surface area (Å²) in [5.74, 6) is -0.946. The van der Waals surface area contributed by atoms with Crippen LogP contribution in [-0.4, -0.2) is 17.4 Å². The lowest BCUT2D eigenvalue weighted by Gasteiger charge is -2.26. The molecule has 5 nitrogen and oxygen atoms in total. The van der Waals surface area contributed by atoms with Crippen LogP contribution in [0.1, 0.15) is 51.6 Å². The van der Waals surface area contributed by atoms with E-state index in [0.717, 1.165) is 11.1 Å². The van der Waals surface area contributed by atoms with Gasteiger partial charge in [0.15, 0.2) is 0 Å². The summed E-state index contributed by atoms with van der Waals surface area (Å²) in [6, 6.07) is 12.9. The van der Waals surface area contributed by atoms with Crippen molar-refractivity contribution >= 4 is 11.8 Å². The number of carbonyl (C=O) groups is 2. The molecule has 0 bridgehead atoms. The van der Waals surface area contributed by atoms with E-state index in [9.17, 15) is 9.59 Å². The van der Waals surface area contributed by atoms with Crippen LogP contribution in [0.3, 0.4) is 0 Å². The van der Waals surface area contributed by atoms with E-state index in [1.807, 2.05) is 44.2 Å². The molecule has 118 valence electrons. The van der Waals surface area contributed by atoms with Gasteiger partial charge >= 0.3 is 0 Å². The standard InChI is InChI=1S/C18H18N2O3/c1-18(2)14(10-6-4-3-5-7-10)12-8-11(16(19)21)9-13(17(20)22)15(12)23-18/h3-9,14H,1-2H3,(H2,19,21)(H2,20,22)/t14-/m1/s1. The molecule has 0 radical (unpaired) electrons. The van der Waals surface area contributed by atoms with Crippen molar-refractivity contribution in [2.45, 2.75) is 25.4 Å². The third-order valence-electron chi connectivity index (χ3n) is 4.17. The summed E-state index contributed by atoms with van der Waals surface area (Å²) in [6.07, 6.45) is 0. The Kier molecular flexibility index (Phi) is 3.36. The highest BCUT2D eigenvalue weighted by molar-refractivity contribution is 6.01. The molecule has 0 aromatic heterocycles. The molecule has 2 aromatic rings. The quantitative estimate of drug-likeness (QED) is 0.909. The number of fused-ring (bicyclic) bond motifs is 1. The number of carbonyl (C=O) groups excluding carboxylic acids is 2. The fourth-order valence-electron chi connectivity index (χ4n) is 3.23. The maximum atomic E-state index is 11.8. The number of hydrogen-bond donors (Lipinski definition) is 2. The second-order valence-corrected chi connectivity index (χ2v) is 6.22. The normalized spacial score (nSPS) is 18.1. The molecule has 5 heteroatoms. The van der Waals surface area contributed by atoms with E-state index in [1.54, 1.807) is 6.07 Å². The third kappa shape index (κ3) is 2.44. The number of ether oxygens (including phenoxy) is 1. The first-order valence-corrected chi connectivity index (χ1v) is 7.33. The van der Waals surface area contributed by atoms with Gasteiger partial charge < -0.3 is 16.2 Å². The zero-order valence-electron chi connectivity index (χ0n) is 13.0. The van der Waals surface area contributed by atoms with Gasteiger partial charge in [-0.25, -0.2) is 0 Å². The molecule has 3 rings (SSSR count). The van der Waals surface area contributed by atoms with Crippen LogP contribution in [-0.2, 0) is 0 Å². The number of primary amides is 2. The number of nitrogens with two attached hydrogens (primary N) is 2. The smallest absolute Gasteiger partial charge is 0.252 e. The number of amides is 2. The van der Waals surface area contributed by atoms with Gasteiger partial charge in [0.2, 0.25) is 5.91 Å². The van der Waals surface area contributed by atoms with E-state index in [0.29, 0.717) is 5.75 Å². The van der Waals surface area contributed by atoms with Gasteiger partial charge in [-0.3, -0.25) is 9.59 Å². The lowest BCUT2D eigenvalue weighted by atomic mass is 9.80. The fraction of sp³-hybridized carbons (Fsp3) is 0.222. The average molecular weight is 310 g/mol. The molecular weight excluding hydrogens is 292 g/mol. The van der Waals surface area contributed by atoms with Crippen molar-refractivity contribution in [2.24, 2.45) is 11.5 Å². The van der Waals surface area contributed by atoms with Crippen LogP contribution in [0.25, 0.3) is 0 Å². The van der Waals surface area contributed by atoms with Gasteiger partial charge in [0.25, 0.3) is 5.91 Å². The predicted molar refractivity (Wildman–Crippen MR) is 86.5 cm³/mol. The minimum atomic E-state index is -0.645. The minimum absolute atomic E-state index is 0.129. The largest absolute Gasteiger partial charge is 0.486 e. The Morgan fingerprint density at radius 3 is 2.26 bits per heavy atom. The van der Waals surface area contributed by atoms with Gasteiger partial charge in [-0.15, -0.1) is 0 Å². The molecule has 0 saturated carbocycles. The van der Waals surface area contributed by atoms with Crippen molar-refractivity contribution in [3.63, 3.8) is 0 Å². The Labute approximate surface area is 134 Å². The van der Waals surface area contributed by atoms with E-state index in [-0.39, 0.29) is 17.0 Å². The Bertz CT molecular complexity index is 797. The molecular formula is C18H18N2O3. The second kappa shape index (κ2) is 5.12. The van der Waals surface area contributed by atoms with E-state index in [4.69, 9.17) is 16.2 Å². The summed E-state index contributed by atoms with van der Waals surface area (Å²) in [5.41, 5.74) is 12.5. The van der Waals surface area contributed by atoms with Crippen LogP contribution < -0.4 is 16.2 Å². The Balaban J connectivity index is 2.27. The highest BCUT2D eigenvalue weighted by Gasteiger charge is 2.44. The first-order valence-electron chi connectivity index (χ1n) is 7.33. The second-order valence-electron chi connectivity index (χ2n) is 6.22. The molecule has 4 N–H and O–H groups in total. The highest BCUT2D eigenvalue weighted by Crippen LogP contribution is 2.49. The number of benzene rings is 2. The fourth-order valence-corrected chi connectivity index (χ4v) is 3.23. The summed E-state index contributed by atoms with van der Waals surface area (Å²) in [5, 5.41) is 0. The van der Waals surface area contributed by atoms with Crippen LogP contribution in [0.4, 0.5) is 0 Å². The first-order chi connectivity index (χ1) is 10.8. The summed E-state index contributed by atoms with van der Waals surface area (Å²) < 4.78 is 6.04. The van der Waals surface area contributed by atoms with E-state index < -0.39 is 17.4 Å². The van der Waals surface area contributed by atoms with Gasteiger partial charge in [-0.05, 0) is 31.5 Å². The van der Waals surface area contributed by atoms with Gasteiger partial charge in [0.1, 0.15) is 11.4 Å². The molecule has 1 aliphatic heterocycles. The summed E-state index contributed by atoms with van der Waals surface area (Å²) >= 11 is 0. The topological polar surface area (TPSA) is 95.4 Å². The minimum Gasteiger partial charge on any atom is -0.486 e. The van der Waals surface area contributed by atoms with Crippen molar-refractivity contribution < 1.29 is 14.3 Å². The van der Waals surface area contributed by atoms with Crippen molar-refractivity contribution in [3.05, 3.63) is 64.7 Å². The molecule has 0 unspecified atom stereocenters. The molecule has 1 aliphatic rings. The molecule has 0 saturated heterocycles. The molecule has 0 fully saturated rings. The van der Waals surface area contributed by atoms with Crippen molar-refractivity contribution in [1.82, 2.24) is 0 Å². The molecule has 1 atom stereocenters. The highest BCUT2D eigenvalue weighted by atomic mass is 16.5. The summed E-state index contributed by atoms with van der Waals surface area (Å²) in [7, 11) is 0. The van der Waals surface area contributed by atoms with Gasteiger partial charge in [-0.2, -0.15) is 0 Å². The van der Waals surface area contributed by atoms with Crippen LogP contribution in [0, 0.1) is 0 Å². The summed E-state index contributed by atoms with van der Waals surface area (Å²) in [4.78, 5) is 23.4. The lowest BCUT2D eigenvalue weighted by Crippen LogP contribution is -2.31. The number of rotatable bonds is 3. The molecule has 2 amide bonds. The van der Waals surface area contributed by atoms with Crippen molar-refractivity contribution in [2.75, 3.05) is 0 Å². The Morgan fingerprint density at radius 2 is 1.70 bits per heavy atom. The SMILES string of the molecule is CC1(C)Oc2c(C(N)=O)cc(C(N)=O)cc2[C@H]1c1ccccc1. The third-order valence-corrected chi connectivity index (χ3v) is 4.17.